The van der Waals surface area contributed by atoms with Gasteiger partial charge in [-0.15, -0.1) is 0 Å². The van der Waals surface area contributed by atoms with Crippen LogP contribution in [0.4, 0.5) is 8.78 Å². The van der Waals surface area contributed by atoms with Crippen LogP contribution in [0.15, 0.2) is 24.3 Å². The summed E-state index contributed by atoms with van der Waals surface area (Å²) >= 11 is 0. The summed E-state index contributed by atoms with van der Waals surface area (Å²) in [7, 11) is 0. The zero-order valence-corrected chi connectivity index (χ0v) is 7.54. The molecule has 1 N–H and O–H groups in total. The summed E-state index contributed by atoms with van der Waals surface area (Å²) in [6.07, 6.45) is -1.58. The first-order chi connectivity index (χ1) is 6.77. The third-order valence-electron chi connectivity index (χ3n) is 2.30. The van der Waals surface area contributed by atoms with Crippen molar-refractivity contribution in [1.29, 1.82) is 0 Å². The third kappa shape index (κ3) is 1.91. The summed E-state index contributed by atoms with van der Waals surface area (Å²) in [6.45, 7) is 0.629. The highest BCUT2D eigenvalue weighted by Gasteiger charge is 2.18. The predicted octanol–water partition coefficient (Wildman–Crippen LogP) is 2.59. The topological polar surface area (TPSA) is 21.3 Å². The number of nitrogens with one attached hydrogen (secondary N) is 1. The maximum Gasteiger partial charge on any atom is 0.263 e. The maximum atomic E-state index is 12.4. The number of alkyl halides is 2. The van der Waals surface area contributed by atoms with E-state index in [0.29, 0.717) is 6.61 Å². The van der Waals surface area contributed by atoms with Gasteiger partial charge in [0.2, 0.25) is 0 Å². The van der Waals surface area contributed by atoms with E-state index in [9.17, 15) is 8.78 Å². The lowest BCUT2D eigenvalue weighted by Crippen LogP contribution is -2.11. The first kappa shape index (κ1) is 9.55. The van der Waals surface area contributed by atoms with Crippen LogP contribution in [0.1, 0.15) is 30.0 Å². The fraction of sp³-hybridized carbons (Fsp3) is 0.400. The molecule has 2 nitrogen and oxygen atoms in total. The average Bonchev–Trinajstić information content (AvgIpc) is 2.71. The Morgan fingerprint density at radius 2 is 2.29 bits per heavy atom. The lowest BCUT2D eigenvalue weighted by molar-refractivity contribution is 0.0881. The van der Waals surface area contributed by atoms with Gasteiger partial charge in [0, 0.05) is 5.56 Å². The summed E-state index contributed by atoms with van der Waals surface area (Å²) in [4.78, 5) is 4.97. The van der Waals surface area contributed by atoms with Gasteiger partial charge in [-0.2, -0.15) is 5.48 Å². The predicted molar refractivity (Wildman–Crippen MR) is 47.8 cm³/mol. The normalized spacial score (nSPS) is 21.8. The van der Waals surface area contributed by atoms with Crippen molar-refractivity contribution in [2.24, 2.45) is 0 Å². The summed E-state index contributed by atoms with van der Waals surface area (Å²) in [5, 5.41) is 0. The van der Waals surface area contributed by atoms with E-state index in [-0.39, 0.29) is 11.6 Å². The van der Waals surface area contributed by atoms with Crippen molar-refractivity contribution in [3.05, 3.63) is 35.4 Å². The Morgan fingerprint density at radius 1 is 1.43 bits per heavy atom. The molecule has 1 heterocycles. The summed E-state index contributed by atoms with van der Waals surface area (Å²) in [6, 6.07) is 6.49. The molecule has 0 amide bonds. The minimum absolute atomic E-state index is 0.0497. The van der Waals surface area contributed by atoms with Crippen LogP contribution in [-0.2, 0) is 4.84 Å². The molecule has 0 unspecified atom stereocenters. The zero-order valence-electron chi connectivity index (χ0n) is 7.54. The number of hydrogen-bond acceptors (Lipinski definition) is 2. The van der Waals surface area contributed by atoms with Gasteiger partial charge in [0.05, 0.1) is 12.6 Å². The fourth-order valence-electron chi connectivity index (χ4n) is 1.54. The number of hydrogen-bond donors (Lipinski definition) is 1. The smallest absolute Gasteiger partial charge is 0.263 e. The first-order valence-electron chi connectivity index (χ1n) is 4.52. The summed E-state index contributed by atoms with van der Waals surface area (Å²) < 4.78 is 24.8. The van der Waals surface area contributed by atoms with Gasteiger partial charge in [-0.3, -0.25) is 0 Å². The van der Waals surface area contributed by atoms with Gasteiger partial charge in [-0.05, 0) is 18.1 Å². The Morgan fingerprint density at radius 3 is 2.93 bits per heavy atom. The number of rotatable bonds is 2. The zero-order chi connectivity index (χ0) is 9.97. The molecule has 1 atom stereocenters. The average molecular weight is 199 g/mol. The van der Waals surface area contributed by atoms with Gasteiger partial charge < -0.3 is 4.84 Å². The molecule has 1 aliphatic heterocycles. The second-order valence-electron chi connectivity index (χ2n) is 3.28. The molecule has 0 bridgehead atoms. The van der Waals surface area contributed by atoms with Crippen LogP contribution in [0, 0.1) is 0 Å². The van der Waals surface area contributed by atoms with Gasteiger partial charge in [-0.1, -0.05) is 18.2 Å². The molecule has 14 heavy (non-hydrogen) atoms. The highest BCUT2D eigenvalue weighted by Crippen LogP contribution is 2.25. The molecular formula is C10H11F2NO. The molecule has 4 heteroatoms. The van der Waals surface area contributed by atoms with Crippen molar-refractivity contribution in [3.63, 3.8) is 0 Å². The molecular weight excluding hydrogens is 188 g/mol. The van der Waals surface area contributed by atoms with Crippen LogP contribution in [0.5, 0.6) is 0 Å². The van der Waals surface area contributed by atoms with Gasteiger partial charge >= 0.3 is 0 Å². The lowest BCUT2D eigenvalue weighted by Gasteiger charge is -2.10. The van der Waals surface area contributed by atoms with E-state index in [2.05, 4.69) is 5.48 Å². The molecule has 0 aromatic heterocycles. The molecule has 0 aliphatic carbocycles. The maximum absolute atomic E-state index is 12.4. The Bertz CT molecular complexity index is 311. The summed E-state index contributed by atoms with van der Waals surface area (Å²) in [5.41, 5.74) is 3.72. The Labute approximate surface area is 80.8 Å². The standard InChI is InChI=1S/C10H11F2NO/c11-10(12)8-3-1-2-7(6-8)9-4-5-14-13-9/h1-3,6,9-10,13H,4-5H2/t9-/m1/s1. The van der Waals surface area contributed by atoms with E-state index in [0.717, 1.165) is 12.0 Å². The van der Waals surface area contributed by atoms with E-state index < -0.39 is 6.43 Å². The van der Waals surface area contributed by atoms with E-state index in [1.54, 1.807) is 6.07 Å². The van der Waals surface area contributed by atoms with Crippen molar-refractivity contribution in [3.8, 4) is 0 Å². The number of hydroxylamine groups is 1. The molecule has 1 fully saturated rings. The highest BCUT2D eigenvalue weighted by atomic mass is 19.3. The van der Waals surface area contributed by atoms with Crippen LogP contribution in [-0.4, -0.2) is 6.61 Å². The van der Waals surface area contributed by atoms with Crippen molar-refractivity contribution in [2.45, 2.75) is 18.9 Å². The summed E-state index contributed by atoms with van der Waals surface area (Å²) in [5.74, 6) is 0. The Balaban J connectivity index is 2.21. The van der Waals surface area contributed by atoms with Crippen LogP contribution in [0.3, 0.4) is 0 Å². The van der Waals surface area contributed by atoms with E-state index in [1.165, 1.54) is 12.1 Å². The molecule has 0 radical (unpaired) electrons. The van der Waals surface area contributed by atoms with Gasteiger partial charge in [0.25, 0.3) is 6.43 Å². The van der Waals surface area contributed by atoms with E-state index in [4.69, 9.17) is 4.84 Å². The monoisotopic (exact) mass is 199 g/mol. The quantitative estimate of drug-likeness (QED) is 0.790. The van der Waals surface area contributed by atoms with Crippen LogP contribution in [0.2, 0.25) is 0 Å². The SMILES string of the molecule is FC(F)c1cccc([C@H]2CCON2)c1. The molecule has 0 spiro atoms. The van der Waals surface area contributed by atoms with E-state index >= 15 is 0 Å². The van der Waals surface area contributed by atoms with Crippen molar-refractivity contribution >= 4 is 0 Å². The molecule has 1 saturated heterocycles. The molecule has 1 aliphatic rings. The Hall–Kier alpha value is -1.00. The first-order valence-corrected chi connectivity index (χ1v) is 4.52. The van der Waals surface area contributed by atoms with Crippen LogP contribution < -0.4 is 5.48 Å². The largest absolute Gasteiger partial charge is 0.301 e. The Kier molecular flexibility index (Phi) is 2.74. The second-order valence-corrected chi connectivity index (χ2v) is 3.28. The van der Waals surface area contributed by atoms with Crippen LogP contribution >= 0.6 is 0 Å². The fourth-order valence-corrected chi connectivity index (χ4v) is 1.54. The minimum atomic E-state index is -2.41. The second kappa shape index (κ2) is 4.02. The van der Waals surface area contributed by atoms with Gasteiger partial charge in [-0.25, -0.2) is 8.78 Å². The van der Waals surface area contributed by atoms with E-state index in [1.807, 2.05) is 6.07 Å². The highest BCUT2D eigenvalue weighted by molar-refractivity contribution is 5.26. The van der Waals surface area contributed by atoms with Gasteiger partial charge in [0.1, 0.15) is 0 Å². The van der Waals surface area contributed by atoms with Crippen molar-refractivity contribution in [2.75, 3.05) is 6.61 Å². The van der Waals surface area contributed by atoms with Crippen molar-refractivity contribution < 1.29 is 13.6 Å². The van der Waals surface area contributed by atoms with Gasteiger partial charge in [0.15, 0.2) is 0 Å². The molecule has 1 aromatic carbocycles. The van der Waals surface area contributed by atoms with Crippen molar-refractivity contribution in [1.82, 2.24) is 5.48 Å². The molecule has 2 rings (SSSR count). The molecule has 1 aromatic rings. The van der Waals surface area contributed by atoms with Crippen LogP contribution in [0.25, 0.3) is 0 Å². The molecule has 0 saturated carbocycles. The number of halogens is 2. The minimum Gasteiger partial charge on any atom is -0.301 e. The number of benzene rings is 1. The molecule has 76 valence electrons. The third-order valence-corrected chi connectivity index (χ3v) is 2.30. The lowest BCUT2D eigenvalue weighted by atomic mass is 10.0.